The Balaban J connectivity index is 1.61. The number of piperidine rings is 1. The Hall–Kier alpha value is -2.38. The van der Waals surface area contributed by atoms with Crippen LogP contribution in [0.3, 0.4) is 0 Å². The number of amides is 1. The van der Waals surface area contributed by atoms with Gasteiger partial charge in [-0.25, -0.2) is 0 Å². The van der Waals surface area contributed by atoms with Crippen molar-refractivity contribution in [2.24, 2.45) is 0 Å². The number of fused-ring (bicyclic) bond motifs is 1. The van der Waals surface area contributed by atoms with Crippen LogP contribution in [0.1, 0.15) is 43.7 Å². The van der Waals surface area contributed by atoms with Crippen LogP contribution in [0.4, 0.5) is 0 Å². The third kappa shape index (κ3) is 5.88. The highest BCUT2D eigenvalue weighted by molar-refractivity contribution is 6.42. The molecule has 1 saturated carbocycles. The average Bonchev–Trinajstić information content (AvgIpc) is 2.81. The molecule has 2 aromatic rings. The number of nitrogens with one attached hydrogen (secondary N) is 1. The van der Waals surface area contributed by atoms with Gasteiger partial charge in [0.05, 0.1) is 36.6 Å². The summed E-state index contributed by atoms with van der Waals surface area (Å²) in [7, 11) is 2.16. The lowest BCUT2D eigenvalue weighted by molar-refractivity contribution is -0.918. The quantitative estimate of drug-likeness (QED) is 0.226. The summed E-state index contributed by atoms with van der Waals surface area (Å²) in [6, 6.07) is 12.6. The van der Waals surface area contributed by atoms with Gasteiger partial charge in [0.2, 0.25) is 5.91 Å². The number of hydrogen-bond acceptors (Lipinski definition) is 4. The monoisotopic (exact) mass is 545 g/mol. The van der Waals surface area contributed by atoms with Crippen LogP contribution in [-0.2, 0) is 21.4 Å². The second kappa shape index (κ2) is 10.8. The fraction of sp³-hybridized carbons (Fsp3) is 0.448. The van der Waals surface area contributed by atoms with E-state index in [9.17, 15) is 14.7 Å². The lowest BCUT2D eigenvalue weighted by Gasteiger charge is -2.59. The first-order chi connectivity index (χ1) is 17.5. The number of carbonyl (C=O) groups is 2. The van der Waals surface area contributed by atoms with Gasteiger partial charge in [-0.3, -0.25) is 9.59 Å². The van der Waals surface area contributed by atoms with E-state index in [1.54, 1.807) is 24.3 Å². The Morgan fingerprint density at radius 2 is 2.00 bits per heavy atom. The van der Waals surface area contributed by atoms with Gasteiger partial charge in [0.1, 0.15) is 17.9 Å². The molecule has 6 nitrogen and oxygen atoms in total. The highest BCUT2D eigenvalue weighted by atomic mass is 35.5. The van der Waals surface area contributed by atoms with E-state index in [0.717, 1.165) is 30.6 Å². The van der Waals surface area contributed by atoms with Gasteiger partial charge in [-0.2, -0.15) is 0 Å². The van der Waals surface area contributed by atoms with E-state index in [2.05, 4.69) is 18.9 Å². The molecule has 1 aliphatic carbocycles. The van der Waals surface area contributed by atoms with Crippen LogP contribution in [0.15, 0.2) is 55.1 Å². The predicted octanol–water partition coefficient (Wildman–Crippen LogP) is 4.84. The number of rotatable bonds is 7. The topological polar surface area (TPSA) is 75.6 Å². The third-order valence-corrected chi connectivity index (χ3v) is 8.78. The first kappa shape index (κ1) is 27.6. The minimum Gasteiger partial charge on any atom is -0.427 e. The van der Waals surface area contributed by atoms with Crippen molar-refractivity contribution in [1.82, 2.24) is 5.32 Å². The zero-order valence-electron chi connectivity index (χ0n) is 21.4. The first-order valence-corrected chi connectivity index (χ1v) is 13.4. The summed E-state index contributed by atoms with van der Waals surface area (Å²) in [6.45, 7) is 7.51. The molecule has 1 heterocycles. The molecule has 1 saturated heterocycles. The van der Waals surface area contributed by atoms with Crippen LogP contribution in [0.2, 0.25) is 10.0 Å². The van der Waals surface area contributed by atoms with Crippen LogP contribution in [-0.4, -0.2) is 59.8 Å². The molecule has 2 aromatic carbocycles. The first-order valence-electron chi connectivity index (χ1n) is 12.7. The standard InChI is InChI=1S/C29H34Cl2N2O4/c1-4-13-33(3)14-12-28(22-6-5-7-24(17-22)37-20(2)34)18-23(10-11-29(28,36)19-33)32-27(35)16-21-8-9-25(30)26(31)15-21/h4-9,15,17,23,36H,1,10-14,16,18-19H2,2-3H3/p+1/t23-,28-,29?,33-/m0/s1. The fourth-order valence-corrected chi connectivity index (χ4v) is 6.68. The van der Waals surface area contributed by atoms with Crippen LogP contribution < -0.4 is 10.1 Å². The molecule has 0 spiro atoms. The summed E-state index contributed by atoms with van der Waals surface area (Å²) in [5, 5.41) is 16.4. The maximum Gasteiger partial charge on any atom is 0.308 e. The number of carbonyl (C=O) groups excluding carboxylic acids is 2. The number of quaternary nitrogens is 1. The molecule has 198 valence electrons. The maximum atomic E-state index is 13.0. The number of benzene rings is 2. The molecule has 2 aliphatic rings. The summed E-state index contributed by atoms with van der Waals surface area (Å²) in [4.78, 5) is 24.6. The van der Waals surface area contributed by atoms with Gasteiger partial charge in [0, 0.05) is 24.8 Å². The third-order valence-electron chi connectivity index (χ3n) is 8.05. The van der Waals surface area contributed by atoms with Crippen LogP contribution in [0.5, 0.6) is 5.75 Å². The van der Waals surface area contributed by atoms with Crippen molar-refractivity contribution >= 4 is 35.1 Å². The Labute approximate surface area is 228 Å². The lowest BCUT2D eigenvalue weighted by Crippen LogP contribution is -2.71. The van der Waals surface area contributed by atoms with E-state index in [0.29, 0.717) is 46.1 Å². The summed E-state index contributed by atoms with van der Waals surface area (Å²) in [5.41, 5.74) is 0.144. The van der Waals surface area contributed by atoms with Gasteiger partial charge in [-0.05, 0) is 60.7 Å². The number of ether oxygens (including phenoxy) is 1. The molecule has 0 aromatic heterocycles. The Morgan fingerprint density at radius 1 is 1.22 bits per heavy atom. The van der Waals surface area contributed by atoms with Gasteiger partial charge in [-0.15, -0.1) is 0 Å². The summed E-state index contributed by atoms with van der Waals surface area (Å²) >= 11 is 12.1. The summed E-state index contributed by atoms with van der Waals surface area (Å²) in [5.74, 6) is -0.0259. The zero-order chi connectivity index (χ0) is 26.8. The zero-order valence-corrected chi connectivity index (χ0v) is 22.9. The SMILES string of the molecule is C=CC[N@@+]1(C)CC[C@@]2(c3cccc(OC(C)=O)c3)C[C@@H](NC(=O)Cc3ccc(Cl)c(Cl)c3)CCC2(O)C1. The highest BCUT2D eigenvalue weighted by Crippen LogP contribution is 2.53. The van der Waals surface area contributed by atoms with Gasteiger partial charge >= 0.3 is 5.97 Å². The summed E-state index contributed by atoms with van der Waals surface area (Å²) < 4.78 is 6.09. The molecule has 1 unspecified atom stereocenters. The molecule has 2 fully saturated rings. The highest BCUT2D eigenvalue weighted by Gasteiger charge is 2.61. The number of nitrogens with zero attached hydrogens (tertiary/aromatic N) is 1. The Morgan fingerprint density at radius 3 is 2.70 bits per heavy atom. The normalized spacial score (nSPS) is 29.2. The number of likely N-dealkylation sites (N-methyl/N-ethyl adjacent to an activating group) is 1. The van der Waals surface area contributed by atoms with Crippen LogP contribution in [0, 0.1) is 0 Å². The minimum absolute atomic E-state index is 0.0965. The van der Waals surface area contributed by atoms with Crippen molar-refractivity contribution < 1.29 is 23.9 Å². The lowest BCUT2D eigenvalue weighted by atomic mass is 9.55. The number of esters is 1. The number of halogens is 2. The molecule has 4 rings (SSSR count). The Kier molecular flexibility index (Phi) is 8.05. The molecule has 0 radical (unpaired) electrons. The fourth-order valence-electron chi connectivity index (χ4n) is 6.36. The molecule has 1 aliphatic heterocycles. The van der Waals surface area contributed by atoms with E-state index >= 15 is 0 Å². The largest absolute Gasteiger partial charge is 0.427 e. The Bertz CT molecular complexity index is 1200. The molecule has 4 atom stereocenters. The van der Waals surface area contributed by atoms with Gasteiger partial charge in [0.25, 0.3) is 0 Å². The predicted molar refractivity (Wildman–Crippen MR) is 146 cm³/mol. The minimum atomic E-state index is -0.983. The van der Waals surface area contributed by atoms with E-state index in [4.69, 9.17) is 27.9 Å². The van der Waals surface area contributed by atoms with E-state index < -0.39 is 11.0 Å². The number of aliphatic hydroxyl groups is 1. The number of likely N-dealkylation sites (tertiary alicyclic amines) is 1. The molecule has 8 heteroatoms. The summed E-state index contributed by atoms with van der Waals surface area (Å²) in [6.07, 6.45) is 4.65. The van der Waals surface area contributed by atoms with Crippen molar-refractivity contribution in [2.45, 2.75) is 56.1 Å². The molecular formula is C29H35Cl2N2O4+. The maximum absolute atomic E-state index is 13.0. The van der Waals surface area contributed by atoms with E-state index in [-0.39, 0.29) is 24.3 Å². The molecule has 37 heavy (non-hydrogen) atoms. The van der Waals surface area contributed by atoms with Crippen LogP contribution >= 0.6 is 23.2 Å². The second-order valence-corrected chi connectivity index (χ2v) is 11.7. The van der Waals surface area contributed by atoms with Crippen molar-refractivity contribution in [1.29, 1.82) is 0 Å². The molecule has 2 N–H and O–H groups in total. The molecular weight excluding hydrogens is 511 g/mol. The van der Waals surface area contributed by atoms with E-state index in [1.807, 2.05) is 24.3 Å². The van der Waals surface area contributed by atoms with Crippen molar-refractivity contribution in [3.8, 4) is 5.75 Å². The van der Waals surface area contributed by atoms with Gasteiger partial charge in [0.15, 0.2) is 0 Å². The average molecular weight is 547 g/mol. The van der Waals surface area contributed by atoms with Crippen molar-refractivity contribution in [3.63, 3.8) is 0 Å². The van der Waals surface area contributed by atoms with Crippen molar-refractivity contribution in [2.75, 3.05) is 26.7 Å². The second-order valence-electron chi connectivity index (χ2n) is 10.9. The smallest absolute Gasteiger partial charge is 0.308 e. The molecule has 1 amide bonds. The van der Waals surface area contributed by atoms with Gasteiger partial charge < -0.3 is 19.6 Å². The number of hydrogen-bond donors (Lipinski definition) is 2. The molecule has 0 bridgehead atoms. The van der Waals surface area contributed by atoms with Gasteiger partial charge in [-0.1, -0.05) is 48.0 Å². The van der Waals surface area contributed by atoms with E-state index in [1.165, 1.54) is 6.92 Å². The van der Waals surface area contributed by atoms with Crippen LogP contribution in [0.25, 0.3) is 0 Å². The van der Waals surface area contributed by atoms with Crippen molar-refractivity contribution in [3.05, 3.63) is 76.3 Å².